The van der Waals surface area contributed by atoms with Crippen molar-refractivity contribution in [2.24, 2.45) is 5.92 Å². The predicted octanol–water partition coefficient (Wildman–Crippen LogP) is 1.75. The fraction of sp³-hybridized carbons (Fsp3) is 0.385. The first kappa shape index (κ1) is 28.0. The quantitative estimate of drug-likeness (QED) is 0.430. The fourth-order valence-corrected chi connectivity index (χ4v) is 6.68. The number of hydrogen-bond donors (Lipinski definition) is 2. The summed E-state index contributed by atoms with van der Waals surface area (Å²) >= 11 is 0. The van der Waals surface area contributed by atoms with Crippen LogP contribution in [0.15, 0.2) is 65.4 Å². The van der Waals surface area contributed by atoms with Crippen LogP contribution >= 0.6 is 0 Å². The number of nitrogens with one attached hydrogen (secondary N) is 2. The molecule has 0 aliphatic carbocycles. The zero-order valence-electron chi connectivity index (χ0n) is 21.0. The number of carbonyl (C=O) groups excluding carboxylic acids is 2. The van der Waals surface area contributed by atoms with Crippen molar-refractivity contribution in [2.45, 2.75) is 37.1 Å². The van der Waals surface area contributed by atoms with Gasteiger partial charge < -0.3 is 10.2 Å². The lowest BCUT2D eigenvalue weighted by atomic mass is 10.1. The SMILES string of the molecule is C=CS(=O)(=O)NCC1CCN(S(=O)(=O)c2ccc(CC(=O)NCc3ccc(N4CCCC4=O)cc3)cc2)C1. The zero-order valence-corrected chi connectivity index (χ0v) is 22.6. The number of carbonyl (C=O) groups is 2. The monoisotopic (exact) mass is 560 g/mol. The average Bonchev–Trinajstić information content (AvgIpc) is 3.57. The van der Waals surface area contributed by atoms with Crippen LogP contribution in [0.25, 0.3) is 0 Å². The van der Waals surface area contributed by atoms with Crippen molar-refractivity contribution >= 4 is 37.5 Å². The summed E-state index contributed by atoms with van der Waals surface area (Å²) in [6.45, 7) is 5.00. The summed E-state index contributed by atoms with van der Waals surface area (Å²) in [5.74, 6) is -0.186. The maximum absolute atomic E-state index is 13.0. The minimum Gasteiger partial charge on any atom is -0.352 e. The lowest BCUT2D eigenvalue weighted by molar-refractivity contribution is -0.120. The average molecular weight is 561 g/mol. The topological polar surface area (TPSA) is 133 Å². The Bertz CT molecular complexity index is 1390. The van der Waals surface area contributed by atoms with E-state index in [0.29, 0.717) is 31.5 Å². The van der Waals surface area contributed by atoms with E-state index < -0.39 is 20.0 Å². The van der Waals surface area contributed by atoms with Gasteiger partial charge in [-0.1, -0.05) is 30.8 Å². The van der Waals surface area contributed by atoms with Crippen LogP contribution in [0.5, 0.6) is 0 Å². The molecule has 2 aliphatic heterocycles. The van der Waals surface area contributed by atoms with E-state index in [1.54, 1.807) is 17.0 Å². The Kier molecular flexibility index (Phi) is 8.66. The standard InChI is InChI=1S/C26H32N4O6S2/c1-2-37(33,34)28-18-22-13-15-29(19-22)38(35,36)24-11-7-20(8-12-24)16-25(31)27-17-21-5-9-23(10-6-21)30-14-3-4-26(30)32/h2,5-12,22,28H,1,3-4,13-19H2,(H,27,31). The van der Waals surface area contributed by atoms with Crippen molar-refractivity contribution in [1.82, 2.24) is 14.3 Å². The molecule has 2 fully saturated rings. The second-order valence-corrected chi connectivity index (χ2v) is 13.1. The second kappa shape index (κ2) is 11.8. The van der Waals surface area contributed by atoms with Crippen LogP contribution in [0.3, 0.4) is 0 Å². The van der Waals surface area contributed by atoms with Gasteiger partial charge in [0.15, 0.2) is 0 Å². The van der Waals surface area contributed by atoms with Crippen molar-refractivity contribution in [3.8, 4) is 0 Å². The lowest BCUT2D eigenvalue weighted by Crippen LogP contribution is -2.32. The zero-order chi connectivity index (χ0) is 27.3. The summed E-state index contributed by atoms with van der Waals surface area (Å²) in [6, 6.07) is 13.8. The van der Waals surface area contributed by atoms with Crippen LogP contribution in [0, 0.1) is 5.92 Å². The third kappa shape index (κ3) is 6.87. The molecule has 1 unspecified atom stereocenters. The Hall–Kier alpha value is -3.06. The maximum Gasteiger partial charge on any atom is 0.243 e. The van der Waals surface area contributed by atoms with Gasteiger partial charge >= 0.3 is 0 Å². The molecule has 204 valence electrons. The van der Waals surface area contributed by atoms with Crippen LogP contribution in [-0.4, -0.2) is 59.1 Å². The molecule has 0 aromatic heterocycles. The molecule has 0 spiro atoms. The molecular formula is C26H32N4O6S2. The molecular weight excluding hydrogens is 528 g/mol. The second-order valence-electron chi connectivity index (χ2n) is 9.49. The predicted molar refractivity (Wildman–Crippen MR) is 144 cm³/mol. The van der Waals surface area contributed by atoms with Crippen LogP contribution in [-0.2, 0) is 42.6 Å². The van der Waals surface area contributed by atoms with E-state index in [1.165, 1.54) is 16.4 Å². The Morgan fingerprint density at radius 2 is 1.68 bits per heavy atom. The summed E-state index contributed by atoms with van der Waals surface area (Å²) < 4.78 is 52.9. The third-order valence-corrected chi connectivity index (χ3v) is 9.67. The van der Waals surface area contributed by atoms with E-state index in [1.807, 2.05) is 24.3 Å². The number of sulfonamides is 2. The molecule has 0 saturated carbocycles. The molecule has 2 aromatic rings. The molecule has 2 amide bonds. The highest BCUT2D eigenvalue weighted by Crippen LogP contribution is 2.25. The minimum atomic E-state index is -3.72. The Morgan fingerprint density at radius 1 is 1.00 bits per heavy atom. The molecule has 2 aromatic carbocycles. The van der Waals surface area contributed by atoms with Gasteiger partial charge in [-0.2, -0.15) is 4.31 Å². The van der Waals surface area contributed by atoms with Gasteiger partial charge in [-0.15, -0.1) is 0 Å². The number of anilines is 1. The van der Waals surface area contributed by atoms with E-state index in [9.17, 15) is 26.4 Å². The summed E-state index contributed by atoms with van der Waals surface area (Å²) in [5, 5.41) is 3.69. The van der Waals surface area contributed by atoms with Crippen molar-refractivity contribution in [2.75, 3.05) is 31.1 Å². The molecule has 2 N–H and O–H groups in total. The molecule has 38 heavy (non-hydrogen) atoms. The summed E-state index contributed by atoms with van der Waals surface area (Å²) in [4.78, 5) is 26.2. The van der Waals surface area contributed by atoms with Gasteiger partial charge in [-0.3, -0.25) is 9.59 Å². The van der Waals surface area contributed by atoms with Crippen molar-refractivity contribution in [3.63, 3.8) is 0 Å². The van der Waals surface area contributed by atoms with Crippen LogP contribution in [0.1, 0.15) is 30.4 Å². The molecule has 4 rings (SSSR count). The Labute approximate surface area is 223 Å². The highest BCUT2D eigenvalue weighted by Gasteiger charge is 2.32. The molecule has 0 bridgehead atoms. The van der Waals surface area contributed by atoms with E-state index in [2.05, 4.69) is 16.6 Å². The molecule has 2 aliphatic rings. The van der Waals surface area contributed by atoms with Gasteiger partial charge in [-0.25, -0.2) is 21.6 Å². The number of nitrogens with zero attached hydrogens (tertiary/aromatic N) is 2. The van der Waals surface area contributed by atoms with E-state index in [4.69, 9.17) is 0 Å². The van der Waals surface area contributed by atoms with Crippen molar-refractivity contribution in [1.29, 1.82) is 0 Å². The van der Waals surface area contributed by atoms with Gasteiger partial charge in [0.2, 0.25) is 31.9 Å². The first-order valence-corrected chi connectivity index (χ1v) is 15.4. The summed E-state index contributed by atoms with van der Waals surface area (Å²) in [6.07, 6.45) is 2.10. The summed E-state index contributed by atoms with van der Waals surface area (Å²) in [7, 11) is -7.28. The Morgan fingerprint density at radius 3 is 2.32 bits per heavy atom. The highest BCUT2D eigenvalue weighted by atomic mass is 32.2. The number of benzene rings is 2. The van der Waals surface area contributed by atoms with Gasteiger partial charge in [0.1, 0.15) is 0 Å². The lowest BCUT2D eigenvalue weighted by Gasteiger charge is -2.17. The Balaban J connectivity index is 1.26. The maximum atomic E-state index is 13.0. The largest absolute Gasteiger partial charge is 0.352 e. The van der Waals surface area contributed by atoms with Crippen LogP contribution in [0.2, 0.25) is 0 Å². The van der Waals surface area contributed by atoms with Gasteiger partial charge in [0, 0.05) is 50.2 Å². The van der Waals surface area contributed by atoms with Gasteiger partial charge in [0.25, 0.3) is 0 Å². The normalized spacial score (nSPS) is 18.6. The first-order valence-electron chi connectivity index (χ1n) is 12.4. The summed E-state index contributed by atoms with van der Waals surface area (Å²) in [5.41, 5.74) is 2.46. The molecule has 2 saturated heterocycles. The highest BCUT2D eigenvalue weighted by molar-refractivity contribution is 7.92. The van der Waals surface area contributed by atoms with Crippen molar-refractivity contribution in [3.05, 3.63) is 71.6 Å². The van der Waals surface area contributed by atoms with E-state index in [0.717, 1.165) is 29.6 Å². The van der Waals surface area contributed by atoms with E-state index in [-0.39, 0.29) is 42.1 Å². The molecule has 10 nitrogen and oxygen atoms in total. The number of rotatable bonds is 11. The fourth-order valence-electron chi connectivity index (χ4n) is 4.57. The van der Waals surface area contributed by atoms with Crippen LogP contribution in [0.4, 0.5) is 5.69 Å². The van der Waals surface area contributed by atoms with E-state index >= 15 is 0 Å². The number of amides is 2. The van der Waals surface area contributed by atoms with Crippen LogP contribution < -0.4 is 14.9 Å². The third-order valence-electron chi connectivity index (χ3n) is 6.78. The van der Waals surface area contributed by atoms with Gasteiger partial charge in [0.05, 0.1) is 11.3 Å². The number of hydrogen-bond acceptors (Lipinski definition) is 6. The molecule has 1 atom stereocenters. The molecule has 12 heteroatoms. The minimum absolute atomic E-state index is 0.107. The molecule has 2 heterocycles. The van der Waals surface area contributed by atoms with Gasteiger partial charge in [-0.05, 0) is 54.2 Å². The molecule has 0 radical (unpaired) electrons. The smallest absolute Gasteiger partial charge is 0.243 e. The first-order chi connectivity index (χ1) is 18.1. The van der Waals surface area contributed by atoms with Crippen molar-refractivity contribution < 1.29 is 26.4 Å².